The molecule has 1 unspecified atom stereocenters. The fraction of sp³-hybridized carbons (Fsp3) is 0.333. The molecule has 0 aliphatic rings. The van der Waals surface area contributed by atoms with Gasteiger partial charge in [-0.15, -0.1) is 0 Å². The summed E-state index contributed by atoms with van der Waals surface area (Å²) < 4.78 is -0.728. The van der Waals surface area contributed by atoms with Crippen LogP contribution in [0.15, 0.2) is 30.3 Å². The van der Waals surface area contributed by atoms with Crippen molar-refractivity contribution in [2.24, 2.45) is 0 Å². The molecule has 1 N–H and O–H groups in total. The van der Waals surface area contributed by atoms with Crippen LogP contribution < -0.4 is 0 Å². The van der Waals surface area contributed by atoms with Crippen LogP contribution in [0.25, 0.3) is 0 Å². The normalized spacial score (nSPS) is 15.9. The van der Waals surface area contributed by atoms with Crippen LogP contribution in [0.3, 0.4) is 0 Å². The Hall–Kier alpha value is -0.301. The molecular formula is C9H12OSe. The Morgan fingerprint density at radius 1 is 1.36 bits per heavy atom. The monoisotopic (exact) mass is 216 g/mol. The Balaban J connectivity index is 2.93. The van der Waals surface area contributed by atoms with Crippen LogP contribution in [-0.2, 0) is 4.50 Å². The van der Waals surface area contributed by atoms with Gasteiger partial charge in [-0.1, -0.05) is 0 Å². The topological polar surface area (TPSA) is 20.2 Å². The molecular weight excluding hydrogens is 203 g/mol. The van der Waals surface area contributed by atoms with Crippen LogP contribution in [0.4, 0.5) is 0 Å². The van der Waals surface area contributed by atoms with Crippen LogP contribution in [0.1, 0.15) is 18.9 Å². The van der Waals surface area contributed by atoms with Gasteiger partial charge < -0.3 is 0 Å². The summed E-state index contributed by atoms with van der Waals surface area (Å²) in [7, 11) is 0. The molecule has 0 heterocycles. The molecule has 0 saturated heterocycles. The van der Waals surface area contributed by atoms with Gasteiger partial charge in [0.2, 0.25) is 0 Å². The molecule has 1 rings (SSSR count). The van der Waals surface area contributed by atoms with Crippen LogP contribution in [0.5, 0.6) is 0 Å². The summed E-state index contributed by atoms with van der Waals surface area (Å²) in [5.41, 5.74) is 0.961. The molecule has 0 aliphatic carbocycles. The predicted octanol–water partition coefficient (Wildman–Crippen LogP) is 1.14. The van der Waals surface area contributed by atoms with E-state index in [1.165, 1.54) is 0 Å². The number of hydrogen-bond acceptors (Lipinski definition) is 1. The molecule has 0 aromatic heterocycles. The van der Waals surface area contributed by atoms with Crippen molar-refractivity contribution in [3.63, 3.8) is 0 Å². The van der Waals surface area contributed by atoms with Crippen molar-refractivity contribution in [2.75, 3.05) is 0 Å². The Bertz CT molecular complexity index is 218. The summed E-state index contributed by atoms with van der Waals surface area (Å²) in [6, 6.07) is 9.68. The molecule has 1 aromatic rings. The minimum atomic E-state index is -0.728. The third kappa shape index (κ3) is 2.06. The number of benzene rings is 1. The van der Waals surface area contributed by atoms with E-state index in [2.05, 4.69) is 16.0 Å². The van der Waals surface area contributed by atoms with Crippen molar-refractivity contribution in [3.8, 4) is 0 Å². The van der Waals surface area contributed by atoms with Crippen molar-refractivity contribution in [1.82, 2.24) is 0 Å². The Kier molecular flexibility index (Phi) is 2.72. The van der Waals surface area contributed by atoms with Gasteiger partial charge in [-0.2, -0.15) is 0 Å². The maximum absolute atomic E-state index is 9.77. The van der Waals surface area contributed by atoms with Crippen molar-refractivity contribution in [3.05, 3.63) is 35.9 Å². The number of aliphatic hydroxyl groups is 1. The average Bonchev–Trinajstić information content (AvgIpc) is 2.06. The van der Waals surface area contributed by atoms with Crippen LogP contribution in [0, 0.1) is 0 Å². The van der Waals surface area contributed by atoms with Gasteiger partial charge in [-0.25, -0.2) is 0 Å². The fourth-order valence-electron chi connectivity index (χ4n) is 0.909. The first-order valence-corrected chi connectivity index (χ1v) is 4.61. The molecule has 0 amide bonds. The quantitative estimate of drug-likeness (QED) is 0.733. The summed E-state index contributed by atoms with van der Waals surface area (Å²) in [6.07, 6.45) is 0.719. The van der Waals surface area contributed by atoms with E-state index in [9.17, 15) is 5.11 Å². The average molecular weight is 215 g/mol. The molecule has 0 fully saturated rings. The Morgan fingerprint density at radius 2 is 1.91 bits per heavy atom. The molecule has 60 valence electrons. The van der Waals surface area contributed by atoms with Gasteiger partial charge in [-0.3, -0.25) is 0 Å². The second-order valence-electron chi connectivity index (χ2n) is 2.54. The molecule has 0 saturated carbocycles. The molecule has 0 aliphatic heterocycles. The van der Waals surface area contributed by atoms with Crippen molar-refractivity contribution < 1.29 is 5.11 Å². The summed E-state index contributed by atoms with van der Waals surface area (Å²) >= 11 is 2.31. The zero-order valence-electron chi connectivity index (χ0n) is 6.49. The summed E-state index contributed by atoms with van der Waals surface area (Å²) in [6.45, 7) is 1.96. The molecule has 11 heavy (non-hydrogen) atoms. The van der Waals surface area contributed by atoms with E-state index >= 15 is 0 Å². The molecule has 0 bridgehead atoms. The van der Waals surface area contributed by atoms with Crippen molar-refractivity contribution in [2.45, 2.75) is 17.8 Å². The number of rotatable bonds is 2. The second-order valence-corrected chi connectivity index (χ2v) is 4.09. The molecule has 0 spiro atoms. The maximum atomic E-state index is 9.77. The van der Waals surface area contributed by atoms with Crippen molar-refractivity contribution >= 4 is 16.0 Å². The summed E-state index contributed by atoms with van der Waals surface area (Å²) in [4.78, 5) is 0. The van der Waals surface area contributed by atoms with E-state index < -0.39 is 4.50 Å². The molecule has 1 aromatic carbocycles. The third-order valence-corrected chi connectivity index (χ3v) is 2.93. The fourth-order valence-corrected chi connectivity index (χ4v) is 1.22. The van der Waals surface area contributed by atoms with Gasteiger partial charge >= 0.3 is 74.9 Å². The second kappa shape index (κ2) is 3.40. The first-order chi connectivity index (χ1) is 5.17. The van der Waals surface area contributed by atoms with Gasteiger partial charge in [0.05, 0.1) is 0 Å². The van der Waals surface area contributed by atoms with Crippen LogP contribution >= 0.6 is 0 Å². The standard InChI is InChI=1S/C9H12OSe/c1-2-9(10,11)8-6-4-3-5-7-8/h3-7,10-11H,2H2,1H3. The first-order valence-electron chi connectivity index (χ1n) is 3.67. The van der Waals surface area contributed by atoms with E-state index in [1.54, 1.807) is 0 Å². The van der Waals surface area contributed by atoms with Gasteiger partial charge in [0.25, 0.3) is 0 Å². The first kappa shape index (κ1) is 8.79. The van der Waals surface area contributed by atoms with Gasteiger partial charge in [0, 0.05) is 0 Å². The van der Waals surface area contributed by atoms with E-state index in [-0.39, 0.29) is 0 Å². The Morgan fingerprint density at radius 3 is 2.36 bits per heavy atom. The van der Waals surface area contributed by atoms with Crippen molar-refractivity contribution in [1.29, 1.82) is 0 Å². The SMILES string of the molecule is CCC(O)([SeH])c1ccccc1. The summed E-state index contributed by atoms with van der Waals surface area (Å²) in [5, 5.41) is 9.77. The third-order valence-electron chi connectivity index (χ3n) is 1.73. The van der Waals surface area contributed by atoms with Gasteiger partial charge in [0.1, 0.15) is 0 Å². The van der Waals surface area contributed by atoms with E-state index in [4.69, 9.17) is 0 Å². The molecule has 1 nitrogen and oxygen atoms in total. The number of hydrogen-bond donors (Lipinski definition) is 1. The molecule has 0 radical (unpaired) electrons. The molecule has 1 atom stereocenters. The zero-order chi connectivity index (χ0) is 8.32. The van der Waals surface area contributed by atoms with Crippen LogP contribution in [-0.4, -0.2) is 21.1 Å². The van der Waals surface area contributed by atoms with E-state index in [0.29, 0.717) is 0 Å². The summed E-state index contributed by atoms with van der Waals surface area (Å²) in [5.74, 6) is 0. The Labute approximate surface area is 75.3 Å². The van der Waals surface area contributed by atoms with Gasteiger partial charge in [0.15, 0.2) is 0 Å². The van der Waals surface area contributed by atoms with Gasteiger partial charge in [-0.05, 0) is 0 Å². The predicted molar refractivity (Wildman–Crippen MR) is 47.8 cm³/mol. The van der Waals surface area contributed by atoms with E-state index in [0.717, 1.165) is 12.0 Å². The van der Waals surface area contributed by atoms with E-state index in [1.807, 2.05) is 37.3 Å². The molecule has 2 heteroatoms. The van der Waals surface area contributed by atoms with Crippen LogP contribution in [0.2, 0.25) is 0 Å². The zero-order valence-corrected chi connectivity index (χ0v) is 8.36. The minimum absolute atomic E-state index is 0.719.